The van der Waals surface area contributed by atoms with Gasteiger partial charge in [0.15, 0.2) is 5.78 Å². The Labute approximate surface area is 148 Å². The third kappa shape index (κ3) is 3.66. The molecule has 0 aliphatic heterocycles. The first-order valence-corrected chi connectivity index (χ1v) is 8.79. The molecule has 0 aromatic heterocycles. The zero-order chi connectivity index (χ0) is 17.7. The van der Waals surface area contributed by atoms with E-state index in [2.05, 4.69) is 15.9 Å². The van der Waals surface area contributed by atoms with Gasteiger partial charge in [0.25, 0.3) is 0 Å². The second-order valence-electron chi connectivity index (χ2n) is 5.94. The predicted molar refractivity (Wildman–Crippen MR) is 91.3 cm³/mol. The maximum absolute atomic E-state index is 12.8. The van der Waals surface area contributed by atoms with Crippen molar-refractivity contribution in [2.45, 2.75) is 38.5 Å². The molecule has 1 aliphatic carbocycles. The van der Waals surface area contributed by atoms with Gasteiger partial charge < -0.3 is 4.74 Å². The summed E-state index contributed by atoms with van der Waals surface area (Å²) in [5.74, 6) is -1.71. The summed E-state index contributed by atoms with van der Waals surface area (Å²) in [6.45, 7) is 1.33. The summed E-state index contributed by atoms with van der Waals surface area (Å²) in [6.07, 6.45) is 1.92. The van der Waals surface area contributed by atoms with Crippen molar-refractivity contribution in [1.29, 1.82) is 0 Å². The molecule has 1 aliphatic rings. The van der Waals surface area contributed by atoms with Gasteiger partial charge in [0.2, 0.25) is 6.54 Å². The Morgan fingerprint density at radius 2 is 2.04 bits per heavy atom. The van der Waals surface area contributed by atoms with E-state index in [0.717, 1.165) is 4.47 Å². The van der Waals surface area contributed by atoms with Crippen LogP contribution in [0.4, 0.5) is 0 Å². The minimum Gasteiger partial charge on any atom is -0.465 e. The highest BCUT2D eigenvalue weighted by Gasteiger charge is 2.55. The lowest BCUT2D eigenvalue weighted by atomic mass is 9.63. The van der Waals surface area contributed by atoms with Gasteiger partial charge in [-0.2, -0.15) is 0 Å². The van der Waals surface area contributed by atoms with Crippen molar-refractivity contribution < 1.29 is 19.2 Å². The molecule has 1 aromatic carbocycles. The van der Waals surface area contributed by atoms with Gasteiger partial charge in [-0.3, -0.25) is 19.7 Å². The molecule has 1 aromatic rings. The lowest BCUT2D eigenvalue weighted by molar-refractivity contribution is -0.485. The number of ether oxygens (including phenoxy) is 1. The van der Waals surface area contributed by atoms with Crippen molar-refractivity contribution in [3.63, 3.8) is 0 Å². The first kappa shape index (κ1) is 18.6. The largest absolute Gasteiger partial charge is 0.465 e. The Bertz CT molecular complexity index is 630. The van der Waals surface area contributed by atoms with Crippen molar-refractivity contribution in [2.75, 3.05) is 13.2 Å². The molecular weight excluding hydrogens is 378 g/mol. The Balaban J connectivity index is 2.55. The number of hydrogen-bond acceptors (Lipinski definition) is 5. The third-order valence-electron chi connectivity index (χ3n) is 4.56. The molecule has 1 saturated carbocycles. The van der Waals surface area contributed by atoms with Crippen molar-refractivity contribution in [3.05, 3.63) is 44.4 Å². The van der Waals surface area contributed by atoms with Crippen molar-refractivity contribution >= 4 is 27.7 Å². The van der Waals surface area contributed by atoms with E-state index in [9.17, 15) is 19.7 Å². The molecule has 1 fully saturated rings. The molecule has 0 radical (unpaired) electrons. The number of benzene rings is 1. The van der Waals surface area contributed by atoms with Crippen molar-refractivity contribution in [1.82, 2.24) is 0 Å². The minimum atomic E-state index is -1.46. The van der Waals surface area contributed by atoms with Gasteiger partial charge in [0, 0.05) is 15.8 Å². The van der Waals surface area contributed by atoms with E-state index in [0.29, 0.717) is 24.8 Å². The van der Waals surface area contributed by atoms with Gasteiger partial charge in [-0.05, 0) is 37.5 Å². The Hall–Kier alpha value is -1.76. The van der Waals surface area contributed by atoms with Gasteiger partial charge >= 0.3 is 5.97 Å². The summed E-state index contributed by atoms with van der Waals surface area (Å²) < 4.78 is 6.00. The Kier molecular flexibility index (Phi) is 6.10. The highest BCUT2D eigenvalue weighted by molar-refractivity contribution is 9.10. The highest BCUT2D eigenvalue weighted by atomic mass is 79.9. The molecule has 24 heavy (non-hydrogen) atoms. The molecule has 130 valence electrons. The number of nitro groups is 1. The van der Waals surface area contributed by atoms with Gasteiger partial charge in [0.1, 0.15) is 5.41 Å². The number of carbonyl (C=O) groups is 2. The molecule has 2 unspecified atom stereocenters. The van der Waals surface area contributed by atoms with Crippen LogP contribution in [0.25, 0.3) is 0 Å². The third-order valence-corrected chi connectivity index (χ3v) is 5.09. The van der Waals surface area contributed by atoms with Crippen LogP contribution < -0.4 is 0 Å². The van der Waals surface area contributed by atoms with Crippen LogP contribution in [0.2, 0.25) is 0 Å². The first-order valence-electron chi connectivity index (χ1n) is 7.99. The predicted octanol–water partition coefficient (Wildman–Crippen LogP) is 3.50. The van der Waals surface area contributed by atoms with Crippen molar-refractivity contribution in [2.24, 2.45) is 5.41 Å². The maximum atomic E-state index is 12.8. The fourth-order valence-electron chi connectivity index (χ4n) is 3.43. The number of carbonyl (C=O) groups excluding carboxylic acids is 2. The summed E-state index contributed by atoms with van der Waals surface area (Å²) in [7, 11) is 0. The molecule has 0 heterocycles. The topological polar surface area (TPSA) is 86.5 Å². The first-order chi connectivity index (χ1) is 11.4. The van der Waals surface area contributed by atoms with Crippen LogP contribution in [0, 0.1) is 15.5 Å². The summed E-state index contributed by atoms with van der Waals surface area (Å²) in [6, 6.07) is 6.96. The van der Waals surface area contributed by atoms with E-state index in [1.54, 1.807) is 31.2 Å². The molecule has 0 N–H and O–H groups in total. The zero-order valence-electron chi connectivity index (χ0n) is 13.5. The van der Waals surface area contributed by atoms with Gasteiger partial charge in [-0.1, -0.05) is 34.5 Å². The summed E-state index contributed by atoms with van der Waals surface area (Å²) >= 11 is 3.33. The molecule has 7 heteroatoms. The van der Waals surface area contributed by atoms with Crippen LogP contribution in [0.3, 0.4) is 0 Å². The van der Waals surface area contributed by atoms with E-state index in [-0.39, 0.29) is 18.8 Å². The quantitative estimate of drug-likeness (QED) is 0.317. The van der Waals surface area contributed by atoms with Crippen LogP contribution in [0.15, 0.2) is 28.7 Å². The Morgan fingerprint density at radius 1 is 1.38 bits per heavy atom. The number of hydrogen-bond donors (Lipinski definition) is 0. The number of rotatable bonds is 6. The van der Waals surface area contributed by atoms with Crippen LogP contribution in [-0.2, 0) is 14.3 Å². The molecule has 0 bridgehead atoms. The van der Waals surface area contributed by atoms with Crippen LogP contribution in [-0.4, -0.2) is 29.8 Å². The molecule has 6 nitrogen and oxygen atoms in total. The fraction of sp³-hybridized carbons (Fsp3) is 0.529. The maximum Gasteiger partial charge on any atom is 0.320 e. The number of nitrogens with zero attached hydrogens (tertiary/aromatic N) is 1. The normalized spacial score (nSPS) is 22.0. The number of Topliss-reactive ketones (excluding diaryl/α,β-unsaturated/α-hetero) is 1. The summed E-state index contributed by atoms with van der Waals surface area (Å²) in [5.41, 5.74) is -0.854. The lowest BCUT2D eigenvalue weighted by Crippen LogP contribution is -2.49. The molecule has 0 spiro atoms. The van der Waals surface area contributed by atoms with Gasteiger partial charge in [-0.25, -0.2) is 0 Å². The van der Waals surface area contributed by atoms with Crippen molar-refractivity contribution in [3.8, 4) is 0 Å². The standard InChI is InChI=1S/C17H20BrNO5/c1-2-24-16(21)17(10-4-3-5-15(17)20)14(11-19(22)23)12-6-8-13(18)9-7-12/h6-9,14H,2-5,10-11H2,1H3. The average Bonchev–Trinajstić information content (AvgIpc) is 2.54. The fourth-order valence-corrected chi connectivity index (χ4v) is 3.69. The van der Waals surface area contributed by atoms with Crippen LogP contribution in [0.5, 0.6) is 0 Å². The van der Waals surface area contributed by atoms with E-state index in [1.165, 1.54) is 0 Å². The average molecular weight is 398 g/mol. The number of halogens is 1. The molecule has 2 atom stereocenters. The molecule has 2 rings (SSSR count). The number of esters is 1. The molecule has 0 saturated heterocycles. The van der Waals surface area contributed by atoms with E-state index in [1.807, 2.05) is 0 Å². The Morgan fingerprint density at radius 3 is 2.58 bits per heavy atom. The molecule has 0 amide bonds. The van der Waals surface area contributed by atoms with Gasteiger partial charge in [0.05, 0.1) is 12.5 Å². The van der Waals surface area contributed by atoms with E-state index >= 15 is 0 Å². The monoisotopic (exact) mass is 397 g/mol. The second-order valence-corrected chi connectivity index (χ2v) is 6.86. The van der Waals surface area contributed by atoms with E-state index < -0.39 is 28.8 Å². The smallest absolute Gasteiger partial charge is 0.320 e. The summed E-state index contributed by atoms with van der Waals surface area (Å²) in [5, 5.41) is 11.3. The highest BCUT2D eigenvalue weighted by Crippen LogP contribution is 2.46. The second kappa shape index (κ2) is 7.88. The lowest BCUT2D eigenvalue weighted by Gasteiger charge is -2.38. The SMILES string of the molecule is CCOC(=O)C1(C(C[N+](=O)[O-])c2ccc(Br)cc2)CCCCC1=O. The van der Waals surface area contributed by atoms with E-state index in [4.69, 9.17) is 4.74 Å². The molecular formula is C17H20BrNO5. The zero-order valence-corrected chi connectivity index (χ0v) is 15.1. The van der Waals surface area contributed by atoms with Crippen LogP contribution >= 0.6 is 15.9 Å². The summed E-state index contributed by atoms with van der Waals surface area (Å²) in [4.78, 5) is 36.3. The van der Waals surface area contributed by atoms with Crippen LogP contribution in [0.1, 0.15) is 44.1 Å². The minimum absolute atomic E-state index is 0.138. The van der Waals surface area contributed by atoms with Gasteiger partial charge in [-0.15, -0.1) is 0 Å². The number of ketones is 1.